The van der Waals surface area contributed by atoms with Crippen LogP contribution in [-0.4, -0.2) is 141 Å². The van der Waals surface area contributed by atoms with E-state index in [1.807, 2.05) is 71.6 Å². The van der Waals surface area contributed by atoms with E-state index in [4.69, 9.17) is 19.2 Å². The third kappa shape index (κ3) is 10.0. The number of anilines is 2. The van der Waals surface area contributed by atoms with Crippen molar-refractivity contribution in [1.29, 1.82) is 0 Å². The summed E-state index contributed by atoms with van der Waals surface area (Å²) in [5.41, 5.74) is 6.52. The summed E-state index contributed by atoms with van der Waals surface area (Å²) in [5, 5.41) is 22.2. The average molecular weight is 1060 g/mol. The monoisotopic (exact) mass is 1060 g/mol. The fraction of sp³-hybridized carbons (Fsp3) is 0.441. The third-order valence-electron chi connectivity index (χ3n) is 16.7. The lowest BCUT2D eigenvalue weighted by atomic mass is 9.86. The summed E-state index contributed by atoms with van der Waals surface area (Å²) >= 11 is 0. The van der Waals surface area contributed by atoms with Crippen LogP contribution >= 0.6 is 0 Å². The van der Waals surface area contributed by atoms with Crippen LogP contribution in [0.5, 0.6) is 5.75 Å². The predicted molar refractivity (Wildman–Crippen MR) is 293 cm³/mol. The van der Waals surface area contributed by atoms with Gasteiger partial charge in [-0.3, -0.25) is 19.5 Å². The van der Waals surface area contributed by atoms with E-state index in [2.05, 4.69) is 44.2 Å². The zero-order valence-electron chi connectivity index (χ0n) is 44.9. The Bertz CT molecular complexity index is 3300. The number of hydrogen-bond acceptors (Lipinski definition) is 14. The maximum atomic E-state index is 13.6. The van der Waals surface area contributed by atoms with Crippen molar-refractivity contribution in [2.24, 2.45) is 0 Å². The lowest BCUT2D eigenvalue weighted by Crippen LogP contribution is -2.48. The SMILES string of the molecule is CCc1c2c(nc3ccc(OC(=O)N4CCC(N5CCCCC5)CC4)cc13)-c1cc3c(c(=O)n1C2)COC(=O)[C@]3(O)CC.CO[C@@H](C(=O)N1Cc2[nH]nc(NC(=O)c3ccc(N4CCN(C)CC4)cc3)c2C1)c1ccccc1. The highest BCUT2D eigenvalue weighted by atomic mass is 16.6. The number of amides is 3. The minimum Gasteiger partial charge on any atom is -0.458 e. The second-order valence-corrected chi connectivity index (χ2v) is 21.3. The van der Waals surface area contributed by atoms with Gasteiger partial charge in [-0.25, -0.2) is 14.6 Å². The van der Waals surface area contributed by atoms with Crippen molar-refractivity contribution < 1.29 is 38.5 Å². The molecule has 19 nitrogen and oxygen atoms in total. The quantitative estimate of drug-likeness (QED) is 0.121. The zero-order valence-corrected chi connectivity index (χ0v) is 44.9. The van der Waals surface area contributed by atoms with Crippen LogP contribution < -0.4 is 20.5 Å². The van der Waals surface area contributed by atoms with E-state index in [1.54, 1.807) is 28.5 Å². The van der Waals surface area contributed by atoms with Crippen LogP contribution in [0.1, 0.15) is 108 Å². The first-order chi connectivity index (χ1) is 37.8. The van der Waals surface area contributed by atoms with Crippen LogP contribution in [0.25, 0.3) is 22.3 Å². The molecule has 19 heteroatoms. The number of cyclic esters (lactones) is 1. The van der Waals surface area contributed by atoms with Crippen LogP contribution in [0.4, 0.5) is 16.3 Å². The molecule has 3 N–H and O–H groups in total. The minimum atomic E-state index is -1.86. The van der Waals surface area contributed by atoms with E-state index < -0.39 is 17.7 Å². The van der Waals surface area contributed by atoms with E-state index in [0.29, 0.717) is 84.8 Å². The molecule has 0 radical (unpaired) electrons. The first kappa shape index (κ1) is 52.6. The molecule has 6 aromatic rings. The summed E-state index contributed by atoms with van der Waals surface area (Å²) in [6, 6.07) is 24.9. The van der Waals surface area contributed by atoms with Gasteiger partial charge >= 0.3 is 12.1 Å². The van der Waals surface area contributed by atoms with Gasteiger partial charge in [0.25, 0.3) is 17.4 Å². The molecule has 0 aliphatic carbocycles. The summed E-state index contributed by atoms with van der Waals surface area (Å²) in [7, 11) is 3.66. The van der Waals surface area contributed by atoms with Gasteiger partial charge in [-0.2, -0.15) is 5.10 Å². The molecule has 12 rings (SSSR count). The van der Waals surface area contributed by atoms with Crippen molar-refractivity contribution in [3.63, 3.8) is 0 Å². The van der Waals surface area contributed by atoms with E-state index >= 15 is 0 Å². The summed E-state index contributed by atoms with van der Waals surface area (Å²) in [4.78, 5) is 81.0. The molecule has 3 fully saturated rings. The molecule has 3 saturated heterocycles. The van der Waals surface area contributed by atoms with Crippen LogP contribution in [0.15, 0.2) is 83.7 Å². The summed E-state index contributed by atoms with van der Waals surface area (Å²) in [6.45, 7) is 12.4. The normalized spacial score (nSPS) is 19.8. The molecule has 0 saturated carbocycles. The number of likely N-dealkylation sites (N-methyl/N-ethyl adjacent to an activating group) is 1. The number of pyridine rings is 2. The van der Waals surface area contributed by atoms with E-state index in [-0.39, 0.29) is 36.5 Å². The summed E-state index contributed by atoms with van der Waals surface area (Å²) < 4.78 is 18.2. The highest BCUT2D eigenvalue weighted by Gasteiger charge is 2.46. The number of methoxy groups -OCH3 is 1. The molecule has 2 atom stereocenters. The maximum Gasteiger partial charge on any atom is 0.415 e. The van der Waals surface area contributed by atoms with E-state index in [0.717, 1.165) is 83.6 Å². The number of rotatable bonds is 10. The number of aromatic nitrogens is 4. The molecule has 0 unspecified atom stereocenters. The molecule has 3 aromatic heterocycles. The Hall–Kier alpha value is -7.45. The largest absolute Gasteiger partial charge is 0.458 e. The molecule has 3 aromatic carbocycles. The molecule has 3 amide bonds. The molecular formula is C59H68N10O9. The van der Waals surface area contributed by atoms with Crippen molar-refractivity contribution in [2.75, 3.05) is 76.7 Å². The highest BCUT2D eigenvalue weighted by molar-refractivity contribution is 6.04. The number of nitrogens with one attached hydrogen (secondary N) is 2. The third-order valence-corrected chi connectivity index (χ3v) is 16.7. The zero-order chi connectivity index (χ0) is 54.2. The lowest BCUT2D eigenvalue weighted by molar-refractivity contribution is -0.172. The molecule has 0 spiro atoms. The van der Waals surface area contributed by atoms with Gasteiger partial charge in [-0.15, -0.1) is 0 Å². The summed E-state index contributed by atoms with van der Waals surface area (Å²) in [5.74, 6) is -0.164. The second-order valence-electron chi connectivity index (χ2n) is 21.3. The number of H-pyrrole nitrogens is 1. The number of hydrogen-bond donors (Lipinski definition) is 3. The van der Waals surface area contributed by atoms with Crippen LogP contribution in [-0.2, 0) is 57.3 Å². The molecule has 78 heavy (non-hydrogen) atoms. The Morgan fingerprint density at radius 2 is 1.59 bits per heavy atom. The smallest absolute Gasteiger partial charge is 0.415 e. The number of carbonyl (C=O) groups excluding carboxylic acids is 4. The van der Waals surface area contributed by atoms with Crippen LogP contribution in [0, 0.1) is 0 Å². The van der Waals surface area contributed by atoms with Gasteiger partial charge in [0, 0.05) is 85.7 Å². The molecule has 6 aliphatic rings. The number of nitrogens with zero attached hydrogens (tertiary/aromatic N) is 8. The van der Waals surface area contributed by atoms with Gasteiger partial charge < -0.3 is 53.7 Å². The molecular weight excluding hydrogens is 993 g/mol. The number of carbonyl (C=O) groups is 4. The van der Waals surface area contributed by atoms with Gasteiger partial charge in [0.05, 0.1) is 47.8 Å². The van der Waals surface area contributed by atoms with Gasteiger partial charge in [-0.1, -0.05) is 50.6 Å². The van der Waals surface area contributed by atoms with Crippen molar-refractivity contribution in [3.8, 4) is 17.1 Å². The Morgan fingerprint density at radius 1 is 0.846 bits per heavy atom. The molecule has 9 heterocycles. The second kappa shape index (κ2) is 22.1. The van der Waals surface area contributed by atoms with Crippen molar-refractivity contribution >= 4 is 46.3 Å². The number of benzene rings is 3. The number of piperazine rings is 1. The van der Waals surface area contributed by atoms with Gasteiger partial charge in [-0.05, 0) is 118 Å². The Balaban J connectivity index is 0.000000169. The number of aromatic amines is 1. The van der Waals surface area contributed by atoms with Crippen molar-refractivity contribution in [3.05, 3.63) is 134 Å². The number of fused-ring (bicyclic) bond motifs is 6. The van der Waals surface area contributed by atoms with Crippen LogP contribution in [0.3, 0.4) is 0 Å². The fourth-order valence-electron chi connectivity index (χ4n) is 12.1. The number of piperidine rings is 2. The standard InChI is InChI=1S/C33H38N4O6.C26H30N6O3/c1-3-22-23-16-21(43-32(40)36-14-10-20(11-15-36)35-12-6-5-7-13-35)8-9-27(23)34-29-24(22)18-37-28(29)17-26-25(30(37)38)19-42-31(39)33(26,41)4-2;1-30-12-14-31(15-13-30)20-10-8-19(9-11-20)25(33)27-24-21-16-32(17-22(21)28-29-24)26(34)23(35-2)18-6-4-3-5-7-18/h8-9,16-17,20,41H,3-7,10-15,18-19H2,1-2H3;3-11,23H,12-17H2,1-2H3,(H2,27,28,29,33)/t33-;23-/m01/s1. The summed E-state index contributed by atoms with van der Waals surface area (Å²) in [6.07, 6.45) is 5.59. The topological polar surface area (TPSA) is 208 Å². The first-order valence-electron chi connectivity index (χ1n) is 27.5. The van der Waals surface area contributed by atoms with Gasteiger partial charge in [0.1, 0.15) is 12.4 Å². The van der Waals surface area contributed by atoms with Crippen molar-refractivity contribution in [2.45, 2.75) is 103 Å². The number of aryl methyl sites for hydroxylation is 1. The maximum absolute atomic E-state index is 13.6. The highest BCUT2D eigenvalue weighted by Crippen LogP contribution is 2.41. The van der Waals surface area contributed by atoms with Gasteiger partial charge in [0.15, 0.2) is 17.5 Å². The number of aliphatic hydroxyl groups is 1. The van der Waals surface area contributed by atoms with E-state index in [9.17, 15) is 29.1 Å². The number of esters is 1. The van der Waals surface area contributed by atoms with Gasteiger partial charge in [0.2, 0.25) is 0 Å². The Morgan fingerprint density at radius 3 is 2.29 bits per heavy atom. The molecule has 6 aliphatic heterocycles. The minimum absolute atomic E-state index is 0.0951. The van der Waals surface area contributed by atoms with Crippen molar-refractivity contribution in [1.82, 2.24) is 39.3 Å². The molecule has 0 bridgehead atoms. The number of ether oxygens (including phenoxy) is 3. The van der Waals surface area contributed by atoms with E-state index in [1.165, 1.54) is 39.5 Å². The number of likely N-dealkylation sites (tertiary alicyclic amines) is 2. The lowest BCUT2D eigenvalue weighted by Gasteiger charge is -2.39. The van der Waals surface area contributed by atoms with Crippen LogP contribution in [0.2, 0.25) is 0 Å². The average Bonchev–Trinajstić information content (AvgIpc) is 4.38. The molecule has 408 valence electrons. The predicted octanol–water partition coefficient (Wildman–Crippen LogP) is 6.73. The fourth-order valence-corrected chi connectivity index (χ4v) is 12.1. The Kier molecular flexibility index (Phi) is 14.9. The Labute approximate surface area is 453 Å². The first-order valence-corrected chi connectivity index (χ1v) is 27.5.